The standard InChI is InChI=1S/C13H21ClN2O3S/c1-2-3-8-19-9-4-7-16-20(17,18)13-10-11(14)5-6-12(13)15/h5-6,10,16H,2-4,7-9,15H2,1H3. The highest BCUT2D eigenvalue weighted by Crippen LogP contribution is 2.22. The van der Waals surface area contributed by atoms with Crippen molar-refractivity contribution in [1.29, 1.82) is 0 Å². The van der Waals surface area contributed by atoms with Gasteiger partial charge < -0.3 is 10.5 Å². The van der Waals surface area contributed by atoms with Gasteiger partial charge in [-0.3, -0.25) is 0 Å². The SMILES string of the molecule is CCCCOCCCNS(=O)(=O)c1cc(Cl)ccc1N. The molecule has 0 atom stereocenters. The Hall–Kier alpha value is -0.820. The Balaban J connectivity index is 2.44. The van der Waals surface area contributed by atoms with Crippen LogP contribution in [0.1, 0.15) is 26.2 Å². The van der Waals surface area contributed by atoms with E-state index in [0.717, 1.165) is 12.8 Å². The molecular weight excluding hydrogens is 300 g/mol. The number of nitrogens with two attached hydrogens (primary N) is 1. The van der Waals surface area contributed by atoms with Gasteiger partial charge in [0.2, 0.25) is 10.0 Å². The maximum absolute atomic E-state index is 12.0. The predicted octanol–water partition coefficient (Wildman–Crippen LogP) is 2.41. The van der Waals surface area contributed by atoms with Gasteiger partial charge in [-0.1, -0.05) is 24.9 Å². The van der Waals surface area contributed by atoms with Crippen LogP contribution in [0.4, 0.5) is 5.69 Å². The normalized spacial score (nSPS) is 11.7. The molecule has 7 heteroatoms. The first kappa shape index (κ1) is 17.2. The topological polar surface area (TPSA) is 81.4 Å². The molecule has 114 valence electrons. The zero-order valence-corrected chi connectivity index (χ0v) is 13.1. The zero-order chi connectivity index (χ0) is 15.0. The number of nitrogens with one attached hydrogen (secondary N) is 1. The fourth-order valence-corrected chi connectivity index (χ4v) is 3.01. The van der Waals surface area contributed by atoms with Crippen LogP contribution in [0.2, 0.25) is 5.02 Å². The third-order valence-corrected chi connectivity index (χ3v) is 4.42. The molecule has 1 aromatic rings. The quantitative estimate of drug-likeness (QED) is 0.541. The molecule has 0 aliphatic rings. The van der Waals surface area contributed by atoms with E-state index in [2.05, 4.69) is 11.6 Å². The lowest BCUT2D eigenvalue weighted by atomic mass is 10.3. The van der Waals surface area contributed by atoms with Crippen LogP contribution in [0.15, 0.2) is 23.1 Å². The van der Waals surface area contributed by atoms with Crippen LogP contribution in [-0.4, -0.2) is 28.2 Å². The molecule has 0 aliphatic carbocycles. The maximum Gasteiger partial charge on any atom is 0.242 e. The molecule has 0 aromatic heterocycles. The number of hydrogen-bond acceptors (Lipinski definition) is 4. The number of benzene rings is 1. The van der Waals surface area contributed by atoms with Crippen LogP contribution < -0.4 is 10.5 Å². The van der Waals surface area contributed by atoms with Crippen molar-refractivity contribution in [3.63, 3.8) is 0 Å². The van der Waals surface area contributed by atoms with Gasteiger partial charge in [0.1, 0.15) is 4.90 Å². The molecule has 1 rings (SSSR count). The fourth-order valence-electron chi connectivity index (χ4n) is 1.55. The van der Waals surface area contributed by atoms with Gasteiger partial charge in [0.05, 0.1) is 5.69 Å². The number of halogens is 1. The summed E-state index contributed by atoms with van der Waals surface area (Å²) in [4.78, 5) is 0.0110. The van der Waals surface area contributed by atoms with Crippen molar-refractivity contribution in [3.8, 4) is 0 Å². The van der Waals surface area contributed by atoms with Crippen molar-refractivity contribution in [2.45, 2.75) is 31.1 Å². The van der Waals surface area contributed by atoms with Crippen LogP contribution in [-0.2, 0) is 14.8 Å². The number of nitrogen functional groups attached to an aromatic ring is 1. The monoisotopic (exact) mass is 320 g/mol. The highest BCUT2D eigenvalue weighted by molar-refractivity contribution is 7.89. The van der Waals surface area contributed by atoms with Crippen LogP contribution >= 0.6 is 11.6 Å². The van der Waals surface area contributed by atoms with E-state index in [9.17, 15) is 8.42 Å². The molecule has 0 amide bonds. The summed E-state index contributed by atoms with van der Waals surface area (Å²) in [6.07, 6.45) is 2.72. The summed E-state index contributed by atoms with van der Waals surface area (Å²) in [5.41, 5.74) is 5.84. The molecule has 0 radical (unpaired) electrons. The average molecular weight is 321 g/mol. The smallest absolute Gasteiger partial charge is 0.242 e. The molecule has 0 bridgehead atoms. The average Bonchev–Trinajstić information content (AvgIpc) is 2.40. The van der Waals surface area contributed by atoms with E-state index in [1.54, 1.807) is 6.07 Å². The van der Waals surface area contributed by atoms with Crippen molar-refractivity contribution >= 4 is 27.3 Å². The minimum Gasteiger partial charge on any atom is -0.398 e. The van der Waals surface area contributed by atoms with Crippen LogP contribution in [0.5, 0.6) is 0 Å². The summed E-state index contributed by atoms with van der Waals surface area (Å²) in [7, 11) is -3.63. The van der Waals surface area contributed by atoms with Gasteiger partial charge in [-0.2, -0.15) is 0 Å². The highest BCUT2D eigenvalue weighted by Gasteiger charge is 2.17. The Morgan fingerprint density at radius 3 is 2.70 bits per heavy atom. The number of sulfonamides is 1. The Bertz CT molecular complexity index is 520. The Morgan fingerprint density at radius 2 is 2.00 bits per heavy atom. The molecule has 1 aromatic carbocycles. The van der Waals surface area contributed by atoms with Crippen molar-refractivity contribution in [2.24, 2.45) is 0 Å². The van der Waals surface area contributed by atoms with E-state index in [0.29, 0.717) is 31.2 Å². The largest absolute Gasteiger partial charge is 0.398 e. The second-order valence-electron chi connectivity index (χ2n) is 4.40. The Kier molecular flexibility index (Phi) is 7.29. The number of anilines is 1. The van der Waals surface area contributed by atoms with Gasteiger partial charge in [0.15, 0.2) is 0 Å². The second kappa shape index (κ2) is 8.46. The Morgan fingerprint density at radius 1 is 1.30 bits per heavy atom. The summed E-state index contributed by atoms with van der Waals surface area (Å²) in [6, 6.07) is 4.37. The van der Waals surface area contributed by atoms with Gasteiger partial charge in [0.25, 0.3) is 0 Å². The first-order valence-corrected chi connectivity index (χ1v) is 8.46. The molecule has 20 heavy (non-hydrogen) atoms. The highest BCUT2D eigenvalue weighted by atomic mass is 35.5. The van der Waals surface area contributed by atoms with E-state index in [-0.39, 0.29) is 10.6 Å². The lowest BCUT2D eigenvalue weighted by molar-refractivity contribution is 0.130. The van der Waals surface area contributed by atoms with E-state index in [1.165, 1.54) is 12.1 Å². The van der Waals surface area contributed by atoms with Crippen LogP contribution in [0.25, 0.3) is 0 Å². The van der Waals surface area contributed by atoms with Crippen molar-refractivity contribution in [3.05, 3.63) is 23.2 Å². The summed E-state index contributed by atoms with van der Waals surface area (Å²) in [6.45, 7) is 3.64. The lowest BCUT2D eigenvalue weighted by Crippen LogP contribution is -2.26. The minimum absolute atomic E-state index is 0.0110. The van der Waals surface area contributed by atoms with Crippen LogP contribution in [0, 0.1) is 0 Å². The molecule has 0 fully saturated rings. The molecular formula is C13H21ClN2O3S. The third kappa shape index (κ3) is 5.66. The fraction of sp³-hybridized carbons (Fsp3) is 0.538. The summed E-state index contributed by atoms with van der Waals surface area (Å²) >= 11 is 5.79. The number of rotatable bonds is 9. The first-order valence-electron chi connectivity index (χ1n) is 6.60. The number of ether oxygens (including phenoxy) is 1. The van der Waals surface area contributed by atoms with Gasteiger partial charge >= 0.3 is 0 Å². The van der Waals surface area contributed by atoms with Crippen molar-refractivity contribution in [2.75, 3.05) is 25.5 Å². The van der Waals surface area contributed by atoms with E-state index in [4.69, 9.17) is 22.1 Å². The number of unbranched alkanes of at least 4 members (excludes halogenated alkanes) is 1. The predicted molar refractivity (Wildman–Crippen MR) is 81.4 cm³/mol. The second-order valence-corrected chi connectivity index (χ2v) is 6.57. The van der Waals surface area contributed by atoms with E-state index < -0.39 is 10.0 Å². The van der Waals surface area contributed by atoms with Gasteiger partial charge in [-0.15, -0.1) is 0 Å². The molecule has 0 saturated heterocycles. The molecule has 0 saturated carbocycles. The molecule has 0 spiro atoms. The van der Waals surface area contributed by atoms with Crippen molar-refractivity contribution in [1.82, 2.24) is 4.72 Å². The summed E-state index contributed by atoms with van der Waals surface area (Å²) in [5.74, 6) is 0. The summed E-state index contributed by atoms with van der Waals surface area (Å²) < 4.78 is 31.9. The van der Waals surface area contributed by atoms with Gasteiger partial charge in [-0.05, 0) is 31.0 Å². The van der Waals surface area contributed by atoms with Gasteiger partial charge in [0, 0.05) is 24.8 Å². The summed E-state index contributed by atoms with van der Waals surface area (Å²) in [5, 5.41) is 0.336. The molecule has 0 heterocycles. The maximum atomic E-state index is 12.0. The zero-order valence-electron chi connectivity index (χ0n) is 11.6. The van der Waals surface area contributed by atoms with E-state index >= 15 is 0 Å². The molecule has 3 N–H and O–H groups in total. The van der Waals surface area contributed by atoms with E-state index in [1.807, 2.05) is 0 Å². The Labute approximate surface area is 125 Å². The van der Waals surface area contributed by atoms with Crippen LogP contribution in [0.3, 0.4) is 0 Å². The molecule has 5 nitrogen and oxygen atoms in total. The molecule has 0 aliphatic heterocycles. The molecule has 0 unspecified atom stereocenters. The van der Waals surface area contributed by atoms with Crippen molar-refractivity contribution < 1.29 is 13.2 Å². The first-order chi connectivity index (χ1) is 9.47. The number of hydrogen-bond donors (Lipinski definition) is 2. The van der Waals surface area contributed by atoms with Gasteiger partial charge in [-0.25, -0.2) is 13.1 Å². The third-order valence-electron chi connectivity index (χ3n) is 2.66. The lowest BCUT2D eigenvalue weighted by Gasteiger charge is -2.09. The minimum atomic E-state index is -3.63.